The summed E-state index contributed by atoms with van der Waals surface area (Å²) in [4.78, 5) is 5.12. The number of aliphatic hydroxyl groups excluding tert-OH is 1. The summed E-state index contributed by atoms with van der Waals surface area (Å²) >= 11 is 10.8. The van der Waals surface area contributed by atoms with Crippen LogP contribution in [0.1, 0.15) is 39.3 Å². The number of rotatable bonds is 9. The number of nitrogens with zero attached hydrogens (tertiary/aromatic N) is 1. The second-order valence-corrected chi connectivity index (χ2v) is 6.76. The first kappa shape index (κ1) is 21.8. The molecule has 0 spiro atoms. The molecule has 0 saturated carbocycles. The van der Waals surface area contributed by atoms with Gasteiger partial charge in [0, 0.05) is 12.6 Å². The fourth-order valence-corrected chi connectivity index (χ4v) is 2.67. The van der Waals surface area contributed by atoms with Crippen LogP contribution in [0.25, 0.3) is 6.08 Å². The normalized spacial score (nSPS) is 14.2. The predicted octanol–water partition coefficient (Wildman–Crippen LogP) is 4.46. The van der Waals surface area contributed by atoms with E-state index in [9.17, 15) is 0 Å². The van der Waals surface area contributed by atoms with Gasteiger partial charge < -0.3 is 16.2 Å². The molecule has 1 aromatic heterocycles. The minimum absolute atomic E-state index is 0.0430. The number of thiol groups is 1. The van der Waals surface area contributed by atoms with E-state index in [0.29, 0.717) is 23.8 Å². The number of hydrogen-bond acceptors (Lipinski definition) is 5. The third-order valence-electron chi connectivity index (χ3n) is 3.67. The van der Waals surface area contributed by atoms with E-state index in [1.54, 1.807) is 6.07 Å². The lowest BCUT2D eigenvalue weighted by Crippen LogP contribution is -2.24. The van der Waals surface area contributed by atoms with Crippen molar-refractivity contribution in [3.05, 3.63) is 46.3 Å². The van der Waals surface area contributed by atoms with Gasteiger partial charge in [0.15, 0.2) is 0 Å². The number of allylic oxidation sites excluding steroid dienone is 3. The van der Waals surface area contributed by atoms with E-state index < -0.39 is 0 Å². The van der Waals surface area contributed by atoms with Crippen LogP contribution in [-0.2, 0) is 0 Å². The van der Waals surface area contributed by atoms with Gasteiger partial charge in [-0.05, 0) is 38.8 Å². The minimum Gasteiger partial charge on any atom is -0.395 e. The molecule has 0 radical (unpaired) electrons. The van der Waals surface area contributed by atoms with Crippen LogP contribution in [0.2, 0.25) is 5.15 Å². The molecule has 0 unspecified atom stereocenters. The Morgan fingerprint density at radius 1 is 1.52 bits per heavy atom. The molecular formula is C19H28ClN3OS. The number of pyridine rings is 1. The van der Waals surface area contributed by atoms with E-state index in [2.05, 4.69) is 35.9 Å². The van der Waals surface area contributed by atoms with Crippen LogP contribution in [0.15, 0.2) is 40.3 Å². The van der Waals surface area contributed by atoms with Crippen molar-refractivity contribution in [2.45, 2.75) is 44.6 Å². The van der Waals surface area contributed by atoms with E-state index in [1.165, 1.54) is 5.57 Å². The first-order chi connectivity index (χ1) is 11.9. The Balaban J connectivity index is 3.04. The maximum Gasteiger partial charge on any atom is 0.131 e. The Morgan fingerprint density at radius 3 is 2.84 bits per heavy atom. The average molecular weight is 382 g/mol. The quantitative estimate of drug-likeness (QED) is 0.289. The second-order valence-electron chi connectivity index (χ2n) is 5.92. The van der Waals surface area contributed by atoms with Crippen LogP contribution < -0.4 is 11.1 Å². The van der Waals surface area contributed by atoms with Crippen molar-refractivity contribution in [2.75, 3.05) is 18.5 Å². The standard InChI is InChI=1S/C19H28ClN3OS/c1-4-6-7-13(3)11-22-16-10-18(20)23-17(19(16)25)9-14(5-2)8-15(21)12-24/h4,6-7,9-10,15,24-25H,5,8,11-12,21H2,1-3H3,(H,22,23)/b6-4-,13-7+,14-9+/t15-/m1/s1. The molecule has 4 N–H and O–H groups in total. The summed E-state index contributed by atoms with van der Waals surface area (Å²) in [5, 5.41) is 12.9. The monoisotopic (exact) mass is 381 g/mol. The van der Waals surface area contributed by atoms with Crippen molar-refractivity contribution in [3.63, 3.8) is 0 Å². The Morgan fingerprint density at radius 2 is 2.24 bits per heavy atom. The summed E-state index contributed by atoms with van der Waals surface area (Å²) in [5.74, 6) is 0. The Hall–Kier alpha value is -1.27. The molecule has 0 amide bonds. The summed E-state index contributed by atoms with van der Waals surface area (Å²) < 4.78 is 0. The summed E-state index contributed by atoms with van der Waals surface area (Å²) in [5.41, 5.74) is 9.68. The van der Waals surface area contributed by atoms with Gasteiger partial charge in [0.05, 0.1) is 22.9 Å². The first-order valence-corrected chi connectivity index (χ1v) is 9.21. The van der Waals surface area contributed by atoms with Gasteiger partial charge >= 0.3 is 0 Å². The van der Waals surface area contributed by atoms with Crippen molar-refractivity contribution < 1.29 is 5.11 Å². The summed E-state index contributed by atoms with van der Waals surface area (Å²) in [6.45, 7) is 6.74. The van der Waals surface area contributed by atoms with E-state index in [1.807, 2.05) is 32.1 Å². The number of nitrogens with two attached hydrogens (primary N) is 1. The lowest BCUT2D eigenvalue weighted by molar-refractivity contribution is 0.265. The largest absolute Gasteiger partial charge is 0.395 e. The molecule has 0 aliphatic heterocycles. The van der Waals surface area contributed by atoms with E-state index >= 15 is 0 Å². The second kappa shape index (κ2) is 11.4. The van der Waals surface area contributed by atoms with Crippen LogP contribution in [0.5, 0.6) is 0 Å². The van der Waals surface area contributed by atoms with Gasteiger partial charge in [0.2, 0.25) is 0 Å². The average Bonchev–Trinajstić information content (AvgIpc) is 2.60. The van der Waals surface area contributed by atoms with Crippen molar-refractivity contribution in [1.82, 2.24) is 4.98 Å². The number of hydrogen-bond donors (Lipinski definition) is 4. The Bertz CT molecular complexity index is 656. The fourth-order valence-electron chi connectivity index (χ4n) is 2.22. The zero-order chi connectivity index (χ0) is 18.8. The van der Waals surface area contributed by atoms with Gasteiger partial charge in [-0.15, -0.1) is 12.6 Å². The molecule has 1 aromatic rings. The lowest BCUT2D eigenvalue weighted by Gasteiger charge is -2.14. The molecule has 6 heteroatoms. The van der Waals surface area contributed by atoms with Crippen molar-refractivity contribution in [1.29, 1.82) is 0 Å². The van der Waals surface area contributed by atoms with Crippen molar-refractivity contribution >= 4 is 36.0 Å². The van der Waals surface area contributed by atoms with Gasteiger partial charge in [-0.25, -0.2) is 4.98 Å². The lowest BCUT2D eigenvalue weighted by atomic mass is 10.0. The van der Waals surface area contributed by atoms with Crippen molar-refractivity contribution in [2.24, 2.45) is 5.73 Å². The van der Waals surface area contributed by atoms with Crippen molar-refractivity contribution in [3.8, 4) is 0 Å². The molecule has 1 heterocycles. The number of anilines is 1. The fraction of sp³-hybridized carbons (Fsp3) is 0.421. The topological polar surface area (TPSA) is 71.2 Å². The number of aliphatic hydroxyl groups is 1. The summed E-state index contributed by atoms with van der Waals surface area (Å²) in [7, 11) is 0. The number of halogens is 1. The maximum atomic E-state index is 9.15. The Kier molecular flexibility index (Phi) is 9.90. The third-order valence-corrected chi connectivity index (χ3v) is 4.34. The molecule has 0 saturated heterocycles. The molecule has 0 aliphatic carbocycles. The highest BCUT2D eigenvalue weighted by molar-refractivity contribution is 7.80. The molecule has 1 atom stereocenters. The highest BCUT2D eigenvalue weighted by Gasteiger charge is 2.10. The highest BCUT2D eigenvalue weighted by atomic mass is 35.5. The van der Waals surface area contributed by atoms with Gasteiger partial charge in [-0.2, -0.15) is 0 Å². The molecule has 0 fully saturated rings. The SMILES string of the molecule is C/C=C\C=C(/C)CNc1cc(Cl)nc(/C=C(\CC)C[C@@H](N)CO)c1S. The predicted molar refractivity (Wildman–Crippen MR) is 112 cm³/mol. The molecule has 0 bridgehead atoms. The van der Waals surface area contributed by atoms with Gasteiger partial charge in [-0.1, -0.05) is 47.9 Å². The van der Waals surface area contributed by atoms with Gasteiger partial charge in [-0.3, -0.25) is 0 Å². The Labute approximate surface area is 161 Å². The van der Waals surface area contributed by atoms with Crippen LogP contribution >= 0.6 is 24.2 Å². The van der Waals surface area contributed by atoms with E-state index in [-0.39, 0.29) is 12.6 Å². The zero-order valence-electron chi connectivity index (χ0n) is 15.1. The minimum atomic E-state index is -0.272. The van der Waals surface area contributed by atoms with Crippen LogP contribution in [0.4, 0.5) is 5.69 Å². The molecule has 25 heavy (non-hydrogen) atoms. The first-order valence-electron chi connectivity index (χ1n) is 8.38. The maximum absolute atomic E-state index is 9.15. The molecule has 0 aliphatic rings. The summed E-state index contributed by atoms with van der Waals surface area (Å²) in [6, 6.07) is 1.50. The van der Waals surface area contributed by atoms with Gasteiger partial charge in [0.25, 0.3) is 0 Å². The van der Waals surface area contributed by atoms with Crippen LogP contribution in [0, 0.1) is 0 Å². The zero-order valence-corrected chi connectivity index (χ0v) is 16.7. The molecule has 0 aromatic carbocycles. The smallest absolute Gasteiger partial charge is 0.131 e. The summed E-state index contributed by atoms with van der Waals surface area (Å²) in [6.07, 6.45) is 9.44. The molecule has 4 nitrogen and oxygen atoms in total. The highest BCUT2D eigenvalue weighted by Crippen LogP contribution is 2.28. The van der Waals surface area contributed by atoms with Crippen LogP contribution in [-0.4, -0.2) is 29.3 Å². The van der Waals surface area contributed by atoms with E-state index in [0.717, 1.165) is 22.6 Å². The molecule has 1 rings (SSSR count). The van der Waals surface area contributed by atoms with E-state index in [4.69, 9.17) is 22.4 Å². The number of nitrogens with one attached hydrogen (secondary N) is 1. The number of aromatic nitrogens is 1. The van der Waals surface area contributed by atoms with Crippen LogP contribution in [0.3, 0.4) is 0 Å². The molecule has 138 valence electrons. The molecular weight excluding hydrogens is 354 g/mol. The third kappa shape index (κ3) is 7.65. The van der Waals surface area contributed by atoms with Gasteiger partial charge in [0.1, 0.15) is 5.15 Å².